The molecule has 0 radical (unpaired) electrons. The second kappa shape index (κ2) is 4.67. The minimum atomic E-state index is -4.57. The average Bonchev–Trinajstić information content (AvgIpc) is 2.73. The quantitative estimate of drug-likeness (QED) is 0.928. The van der Waals surface area contributed by atoms with Crippen LogP contribution in [0.5, 0.6) is 0 Å². The third kappa shape index (κ3) is 2.52. The van der Waals surface area contributed by atoms with Gasteiger partial charge in [-0.15, -0.1) is 23.4 Å². The first-order valence-electron chi connectivity index (χ1n) is 7.65. The summed E-state index contributed by atoms with van der Waals surface area (Å²) in [5, 5.41) is 8.07. The Bertz CT molecular complexity index is 554. The van der Waals surface area contributed by atoms with Crippen molar-refractivity contribution in [2.24, 2.45) is 11.1 Å². The van der Waals surface area contributed by atoms with Crippen LogP contribution >= 0.6 is 0 Å². The molecule has 3 saturated carbocycles. The number of halogens is 3. The molecule has 1 aromatic rings. The zero-order valence-corrected chi connectivity index (χ0v) is 12.0. The summed E-state index contributed by atoms with van der Waals surface area (Å²) >= 11 is 0. The van der Waals surface area contributed by atoms with Crippen LogP contribution in [0.4, 0.5) is 13.2 Å². The topological polar surface area (TPSA) is 74.2 Å². The third-order valence-electron chi connectivity index (χ3n) is 5.30. The Morgan fingerprint density at radius 1 is 1.05 bits per heavy atom. The van der Waals surface area contributed by atoms with Crippen molar-refractivity contribution in [3.05, 3.63) is 11.8 Å². The van der Waals surface area contributed by atoms with Crippen molar-refractivity contribution >= 4 is 0 Å². The summed E-state index contributed by atoms with van der Waals surface area (Å²) in [6.45, 7) is 0. The first-order chi connectivity index (χ1) is 10.3. The molecule has 2 N–H and O–H groups in total. The first-order valence-corrected chi connectivity index (χ1v) is 7.65. The van der Waals surface area contributed by atoms with Gasteiger partial charge < -0.3 is 10.2 Å². The molecule has 3 aliphatic rings. The van der Waals surface area contributed by atoms with Crippen LogP contribution in [0.15, 0.2) is 4.42 Å². The normalized spacial score (nSPS) is 40.9. The van der Waals surface area contributed by atoms with Gasteiger partial charge in [-0.3, -0.25) is 4.74 Å². The number of rotatable bonds is 3. The molecule has 5 nitrogen and oxygen atoms in total. The number of alkyl halides is 3. The standard InChI is InChI=1S/C14H18F3N3O2/c15-14(16,17)22-10-1-7(2-10)11-19-20-12(21-11)8-3-13(4-8)5-9(18)6-13/h7-10H,1-6,18H2. The Balaban J connectivity index is 1.29. The smallest absolute Gasteiger partial charge is 0.425 e. The van der Waals surface area contributed by atoms with Gasteiger partial charge in [0, 0.05) is 17.9 Å². The number of ether oxygens (including phenoxy) is 1. The molecule has 0 atom stereocenters. The number of nitrogens with zero attached hydrogens (tertiary/aromatic N) is 2. The van der Waals surface area contributed by atoms with Gasteiger partial charge in [0.25, 0.3) is 0 Å². The van der Waals surface area contributed by atoms with Crippen LogP contribution in [0, 0.1) is 5.41 Å². The summed E-state index contributed by atoms with van der Waals surface area (Å²) in [4.78, 5) is 0. The van der Waals surface area contributed by atoms with Crippen molar-refractivity contribution in [1.82, 2.24) is 10.2 Å². The minimum Gasteiger partial charge on any atom is -0.425 e. The molecular weight excluding hydrogens is 299 g/mol. The summed E-state index contributed by atoms with van der Waals surface area (Å²) in [5.41, 5.74) is 6.22. The third-order valence-corrected chi connectivity index (χ3v) is 5.30. The van der Waals surface area contributed by atoms with Crippen molar-refractivity contribution < 1.29 is 22.3 Å². The van der Waals surface area contributed by atoms with E-state index in [4.69, 9.17) is 10.2 Å². The van der Waals surface area contributed by atoms with Gasteiger partial charge >= 0.3 is 6.36 Å². The van der Waals surface area contributed by atoms with E-state index in [0.717, 1.165) is 25.7 Å². The minimum absolute atomic E-state index is 0.111. The van der Waals surface area contributed by atoms with Gasteiger partial charge in [0.1, 0.15) is 0 Å². The van der Waals surface area contributed by atoms with Crippen molar-refractivity contribution in [2.75, 3.05) is 0 Å². The van der Waals surface area contributed by atoms with Gasteiger partial charge in [-0.2, -0.15) is 0 Å². The van der Waals surface area contributed by atoms with Gasteiger partial charge in [0.2, 0.25) is 11.8 Å². The van der Waals surface area contributed by atoms with Gasteiger partial charge in [-0.05, 0) is 43.9 Å². The molecule has 122 valence electrons. The van der Waals surface area contributed by atoms with E-state index in [1.54, 1.807) is 0 Å². The lowest BCUT2D eigenvalue weighted by Crippen LogP contribution is -2.52. The van der Waals surface area contributed by atoms with E-state index < -0.39 is 12.5 Å². The molecule has 0 saturated heterocycles. The van der Waals surface area contributed by atoms with Crippen LogP contribution in [-0.2, 0) is 4.74 Å². The zero-order valence-electron chi connectivity index (χ0n) is 12.0. The number of aromatic nitrogens is 2. The Morgan fingerprint density at radius 3 is 2.18 bits per heavy atom. The van der Waals surface area contributed by atoms with Gasteiger partial charge in [-0.25, -0.2) is 0 Å². The maximum atomic E-state index is 12.1. The molecule has 8 heteroatoms. The number of hydrogen-bond donors (Lipinski definition) is 1. The lowest BCUT2D eigenvalue weighted by atomic mass is 9.50. The summed E-state index contributed by atoms with van der Waals surface area (Å²) in [6.07, 6.45) is -0.578. The van der Waals surface area contributed by atoms with Crippen molar-refractivity contribution in [1.29, 1.82) is 0 Å². The summed E-state index contributed by atoms with van der Waals surface area (Å²) in [6, 6.07) is 0.333. The van der Waals surface area contributed by atoms with E-state index in [-0.39, 0.29) is 24.7 Å². The second-order valence-corrected chi connectivity index (χ2v) is 7.11. The monoisotopic (exact) mass is 317 g/mol. The zero-order chi connectivity index (χ0) is 15.5. The molecule has 3 fully saturated rings. The molecule has 0 amide bonds. The Morgan fingerprint density at radius 2 is 1.64 bits per heavy atom. The van der Waals surface area contributed by atoms with E-state index in [1.165, 1.54) is 0 Å². The molecule has 1 spiro atoms. The van der Waals surface area contributed by atoms with Crippen LogP contribution in [0.3, 0.4) is 0 Å². The Hall–Kier alpha value is -1.15. The Kier molecular flexibility index (Phi) is 3.07. The van der Waals surface area contributed by atoms with Crippen LogP contribution in [0.25, 0.3) is 0 Å². The highest BCUT2D eigenvalue weighted by Gasteiger charge is 2.53. The summed E-state index contributed by atoms with van der Waals surface area (Å²) in [7, 11) is 0. The average molecular weight is 317 g/mol. The predicted molar refractivity (Wildman–Crippen MR) is 68.8 cm³/mol. The maximum Gasteiger partial charge on any atom is 0.522 e. The molecule has 0 aliphatic heterocycles. The lowest BCUT2D eigenvalue weighted by molar-refractivity contribution is -0.352. The predicted octanol–water partition coefficient (Wildman–Crippen LogP) is 2.84. The fourth-order valence-corrected chi connectivity index (χ4v) is 4.18. The molecule has 4 rings (SSSR count). The highest BCUT2D eigenvalue weighted by molar-refractivity contribution is 5.13. The van der Waals surface area contributed by atoms with Crippen molar-refractivity contribution in [3.63, 3.8) is 0 Å². The lowest BCUT2D eigenvalue weighted by Gasteiger charge is -2.56. The van der Waals surface area contributed by atoms with Crippen LogP contribution < -0.4 is 5.73 Å². The largest absolute Gasteiger partial charge is 0.522 e. The molecule has 0 unspecified atom stereocenters. The molecule has 22 heavy (non-hydrogen) atoms. The fraction of sp³-hybridized carbons (Fsp3) is 0.857. The van der Waals surface area contributed by atoms with Crippen LogP contribution in [0.2, 0.25) is 0 Å². The highest BCUT2D eigenvalue weighted by atomic mass is 19.4. The van der Waals surface area contributed by atoms with E-state index in [1.807, 2.05) is 0 Å². The number of hydrogen-bond acceptors (Lipinski definition) is 5. The van der Waals surface area contributed by atoms with Gasteiger partial charge in [0.05, 0.1) is 6.10 Å². The van der Waals surface area contributed by atoms with Gasteiger partial charge in [-0.1, -0.05) is 0 Å². The second-order valence-electron chi connectivity index (χ2n) is 7.11. The first kappa shape index (κ1) is 14.4. The van der Waals surface area contributed by atoms with E-state index >= 15 is 0 Å². The molecule has 3 aliphatic carbocycles. The molecular formula is C14H18F3N3O2. The summed E-state index contributed by atoms with van der Waals surface area (Å²) in [5.74, 6) is 1.25. The summed E-state index contributed by atoms with van der Waals surface area (Å²) < 4.78 is 45.9. The van der Waals surface area contributed by atoms with Crippen LogP contribution in [-0.4, -0.2) is 28.7 Å². The highest BCUT2D eigenvalue weighted by Crippen LogP contribution is 2.61. The van der Waals surface area contributed by atoms with E-state index in [9.17, 15) is 13.2 Å². The number of nitrogens with two attached hydrogens (primary N) is 1. The molecule has 0 bridgehead atoms. The maximum absolute atomic E-state index is 12.1. The van der Waals surface area contributed by atoms with E-state index in [0.29, 0.717) is 23.2 Å². The molecule has 0 aromatic carbocycles. The fourth-order valence-electron chi connectivity index (χ4n) is 4.18. The van der Waals surface area contributed by atoms with Gasteiger partial charge in [0.15, 0.2) is 0 Å². The van der Waals surface area contributed by atoms with Crippen molar-refractivity contribution in [3.8, 4) is 0 Å². The van der Waals surface area contributed by atoms with Crippen molar-refractivity contribution in [2.45, 2.75) is 68.9 Å². The SMILES string of the molecule is NC1CC2(C1)CC(c1nnc(C3CC(OC(F)(F)F)C3)o1)C2. The molecule has 1 heterocycles. The Labute approximate surface area is 125 Å². The van der Waals surface area contributed by atoms with E-state index in [2.05, 4.69) is 14.9 Å². The molecule has 1 aromatic heterocycles. The van der Waals surface area contributed by atoms with Crippen LogP contribution in [0.1, 0.15) is 62.1 Å².